The molecule has 1 heterocycles. The number of amides is 2. The minimum atomic E-state index is -0.483. The highest BCUT2D eigenvalue weighted by Crippen LogP contribution is 2.28. The van der Waals surface area contributed by atoms with Crippen LogP contribution in [-0.4, -0.2) is 23.9 Å². The molecule has 122 valence electrons. The van der Waals surface area contributed by atoms with Crippen LogP contribution in [0, 0.1) is 0 Å². The second-order valence-corrected chi connectivity index (χ2v) is 5.70. The molecule has 0 spiro atoms. The molecule has 1 unspecified atom stereocenters. The van der Waals surface area contributed by atoms with E-state index in [0.717, 1.165) is 25.8 Å². The first kappa shape index (κ1) is 18.7. The summed E-state index contributed by atoms with van der Waals surface area (Å²) in [4.78, 5) is 23.5. The molecule has 3 N–H and O–H groups in total. The predicted molar refractivity (Wildman–Crippen MR) is 91.9 cm³/mol. The third-order valence-electron chi connectivity index (χ3n) is 3.82. The van der Waals surface area contributed by atoms with E-state index in [1.807, 2.05) is 6.92 Å². The number of nitrogens with one attached hydrogen (secondary N) is 3. The number of benzene rings is 1. The lowest BCUT2D eigenvalue weighted by Gasteiger charge is -2.26. The molecular formula is C15H21Cl2N3O2. The summed E-state index contributed by atoms with van der Waals surface area (Å²) >= 11 is 6.10. The van der Waals surface area contributed by atoms with Crippen LogP contribution in [0.1, 0.15) is 33.1 Å². The van der Waals surface area contributed by atoms with Gasteiger partial charge in [-0.05, 0) is 44.0 Å². The summed E-state index contributed by atoms with van der Waals surface area (Å²) in [7, 11) is 0. The summed E-state index contributed by atoms with van der Waals surface area (Å²) in [6.45, 7) is 4.29. The van der Waals surface area contributed by atoms with Crippen LogP contribution in [-0.2, 0) is 9.59 Å². The van der Waals surface area contributed by atoms with E-state index in [2.05, 4.69) is 16.0 Å². The predicted octanol–water partition coefficient (Wildman–Crippen LogP) is 3.19. The Morgan fingerprint density at radius 3 is 2.59 bits per heavy atom. The molecule has 0 saturated carbocycles. The Bertz CT molecular complexity index is 558. The first-order valence-electron chi connectivity index (χ1n) is 7.10. The number of carbonyl (C=O) groups is 2. The molecule has 22 heavy (non-hydrogen) atoms. The van der Waals surface area contributed by atoms with Crippen molar-refractivity contribution in [2.75, 3.05) is 17.2 Å². The van der Waals surface area contributed by atoms with Crippen molar-refractivity contribution in [3.05, 3.63) is 23.2 Å². The maximum Gasteiger partial charge on any atom is 0.244 e. The Morgan fingerprint density at radius 1 is 1.36 bits per heavy atom. The van der Waals surface area contributed by atoms with Crippen LogP contribution in [0.4, 0.5) is 11.4 Å². The number of carbonyl (C=O) groups excluding carboxylic acids is 2. The van der Waals surface area contributed by atoms with Gasteiger partial charge < -0.3 is 16.0 Å². The number of rotatable bonds is 4. The SMILES string of the molecule is CCC1(C(=O)Nc2ccc(NC(C)=O)c(Cl)c2)CCCN1.Cl. The van der Waals surface area contributed by atoms with Crippen LogP contribution in [0.2, 0.25) is 5.02 Å². The molecule has 0 aliphatic carbocycles. The summed E-state index contributed by atoms with van der Waals surface area (Å²) in [5.41, 5.74) is 0.676. The van der Waals surface area contributed by atoms with Crippen molar-refractivity contribution in [1.29, 1.82) is 0 Å². The first-order valence-corrected chi connectivity index (χ1v) is 7.48. The largest absolute Gasteiger partial charge is 0.325 e. The fourth-order valence-electron chi connectivity index (χ4n) is 2.60. The summed E-state index contributed by atoms with van der Waals surface area (Å²) < 4.78 is 0. The molecule has 1 aromatic rings. The molecule has 2 amide bonds. The van der Waals surface area contributed by atoms with Crippen LogP contribution in [0.25, 0.3) is 0 Å². The zero-order valence-electron chi connectivity index (χ0n) is 12.7. The molecule has 1 aliphatic heterocycles. The maximum absolute atomic E-state index is 12.5. The number of hydrogen-bond donors (Lipinski definition) is 3. The van der Waals surface area contributed by atoms with Gasteiger partial charge in [0.2, 0.25) is 11.8 Å². The first-order chi connectivity index (χ1) is 9.97. The molecular weight excluding hydrogens is 325 g/mol. The zero-order chi connectivity index (χ0) is 15.5. The quantitative estimate of drug-likeness (QED) is 0.784. The number of halogens is 2. The zero-order valence-corrected chi connectivity index (χ0v) is 14.2. The molecule has 2 rings (SSSR count). The average Bonchev–Trinajstić information content (AvgIpc) is 2.91. The fraction of sp³-hybridized carbons (Fsp3) is 0.467. The minimum absolute atomic E-state index is 0. The van der Waals surface area contributed by atoms with Crippen LogP contribution >= 0.6 is 24.0 Å². The van der Waals surface area contributed by atoms with Crippen LogP contribution < -0.4 is 16.0 Å². The van der Waals surface area contributed by atoms with E-state index < -0.39 is 5.54 Å². The van der Waals surface area contributed by atoms with Gasteiger partial charge >= 0.3 is 0 Å². The highest BCUT2D eigenvalue weighted by atomic mass is 35.5. The van der Waals surface area contributed by atoms with Gasteiger partial charge in [-0.15, -0.1) is 12.4 Å². The van der Waals surface area contributed by atoms with Crippen LogP contribution in [0.3, 0.4) is 0 Å². The van der Waals surface area contributed by atoms with E-state index in [-0.39, 0.29) is 24.2 Å². The summed E-state index contributed by atoms with van der Waals surface area (Å²) in [6, 6.07) is 5.05. The Balaban J connectivity index is 0.00000242. The summed E-state index contributed by atoms with van der Waals surface area (Å²) in [6.07, 6.45) is 2.59. The fourth-order valence-corrected chi connectivity index (χ4v) is 2.82. The molecule has 1 aliphatic rings. The highest BCUT2D eigenvalue weighted by Gasteiger charge is 2.39. The molecule has 0 aromatic heterocycles. The number of hydrogen-bond acceptors (Lipinski definition) is 3. The van der Waals surface area contributed by atoms with Crippen LogP contribution in [0.5, 0.6) is 0 Å². The molecule has 0 radical (unpaired) electrons. The van der Waals surface area contributed by atoms with Crippen LogP contribution in [0.15, 0.2) is 18.2 Å². The van der Waals surface area contributed by atoms with Crippen molar-refractivity contribution < 1.29 is 9.59 Å². The standard InChI is InChI=1S/C15H20ClN3O2.ClH/c1-3-15(7-4-8-17-15)14(21)19-11-5-6-13(12(16)9-11)18-10(2)20;/h5-6,9,17H,3-4,7-8H2,1-2H3,(H,18,20)(H,19,21);1H. The van der Waals surface area contributed by atoms with E-state index in [9.17, 15) is 9.59 Å². The number of anilines is 2. The van der Waals surface area contributed by atoms with E-state index in [0.29, 0.717) is 16.4 Å². The molecule has 1 atom stereocenters. The van der Waals surface area contributed by atoms with Crippen molar-refractivity contribution in [3.63, 3.8) is 0 Å². The summed E-state index contributed by atoms with van der Waals surface area (Å²) in [5, 5.41) is 9.22. The minimum Gasteiger partial charge on any atom is -0.325 e. The second kappa shape index (κ2) is 7.81. The Labute approximate surface area is 141 Å². The molecule has 1 aromatic carbocycles. The molecule has 1 fully saturated rings. The lowest BCUT2D eigenvalue weighted by atomic mass is 9.93. The van der Waals surface area contributed by atoms with Gasteiger partial charge in [0, 0.05) is 12.6 Å². The van der Waals surface area contributed by atoms with Crippen molar-refractivity contribution in [3.8, 4) is 0 Å². The van der Waals surface area contributed by atoms with Crippen molar-refractivity contribution in [2.24, 2.45) is 0 Å². The lowest BCUT2D eigenvalue weighted by molar-refractivity contribution is -0.122. The normalized spacial score (nSPS) is 20.1. The average molecular weight is 346 g/mol. The third kappa shape index (κ3) is 4.12. The Hall–Kier alpha value is -1.30. The van der Waals surface area contributed by atoms with Gasteiger partial charge in [0.25, 0.3) is 0 Å². The lowest BCUT2D eigenvalue weighted by Crippen LogP contribution is -2.50. The van der Waals surface area contributed by atoms with E-state index >= 15 is 0 Å². The molecule has 7 heteroatoms. The van der Waals surface area contributed by atoms with E-state index in [1.54, 1.807) is 18.2 Å². The molecule has 1 saturated heterocycles. The van der Waals surface area contributed by atoms with Crippen molar-refractivity contribution in [2.45, 2.75) is 38.6 Å². The smallest absolute Gasteiger partial charge is 0.244 e. The van der Waals surface area contributed by atoms with Gasteiger partial charge in [0.05, 0.1) is 16.2 Å². The molecule has 0 bridgehead atoms. The van der Waals surface area contributed by atoms with Gasteiger partial charge in [-0.25, -0.2) is 0 Å². The Morgan fingerprint density at radius 2 is 2.09 bits per heavy atom. The van der Waals surface area contributed by atoms with Gasteiger partial charge in [0.15, 0.2) is 0 Å². The maximum atomic E-state index is 12.5. The molecule has 5 nitrogen and oxygen atoms in total. The Kier molecular flexibility index (Phi) is 6.66. The highest BCUT2D eigenvalue weighted by molar-refractivity contribution is 6.34. The summed E-state index contributed by atoms with van der Waals surface area (Å²) in [5.74, 6) is -0.223. The third-order valence-corrected chi connectivity index (χ3v) is 4.13. The topological polar surface area (TPSA) is 70.2 Å². The van der Waals surface area contributed by atoms with Crippen molar-refractivity contribution in [1.82, 2.24) is 5.32 Å². The van der Waals surface area contributed by atoms with Gasteiger partial charge in [-0.3, -0.25) is 9.59 Å². The second-order valence-electron chi connectivity index (χ2n) is 5.30. The van der Waals surface area contributed by atoms with E-state index in [4.69, 9.17) is 11.6 Å². The van der Waals surface area contributed by atoms with Crippen molar-refractivity contribution >= 4 is 47.2 Å². The van der Waals surface area contributed by atoms with Gasteiger partial charge in [-0.2, -0.15) is 0 Å². The van der Waals surface area contributed by atoms with E-state index in [1.165, 1.54) is 6.92 Å². The van der Waals surface area contributed by atoms with Gasteiger partial charge in [-0.1, -0.05) is 18.5 Å². The monoisotopic (exact) mass is 345 g/mol. The van der Waals surface area contributed by atoms with Gasteiger partial charge in [0.1, 0.15) is 0 Å².